The van der Waals surface area contributed by atoms with Gasteiger partial charge >= 0.3 is 0 Å². The van der Waals surface area contributed by atoms with Crippen molar-refractivity contribution in [2.24, 2.45) is 0 Å². The SMILES string of the molecule is CCC#CCOc1ccc2cc(C(O)(c3cccnc3)c3ccc(Cl)cc3Cl)oc2c1. The number of halogens is 2. The lowest BCUT2D eigenvalue weighted by Crippen LogP contribution is -2.29. The van der Waals surface area contributed by atoms with Gasteiger partial charge in [-0.15, -0.1) is 5.92 Å². The number of hydrogen-bond acceptors (Lipinski definition) is 4. The molecule has 4 aromatic rings. The van der Waals surface area contributed by atoms with E-state index in [2.05, 4.69) is 16.8 Å². The Hall–Kier alpha value is -2.97. The second-order valence-corrected chi connectivity index (χ2v) is 7.73. The maximum Gasteiger partial charge on any atom is 0.176 e. The fraction of sp³-hybridized carbons (Fsp3) is 0.160. The van der Waals surface area contributed by atoms with Crippen LogP contribution in [0.15, 0.2) is 71.4 Å². The molecule has 0 aliphatic rings. The van der Waals surface area contributed by atoms with Crippen molar-refractivity contribution in [3.8, 4) is 17.6 Å². The summed E-state index contributed by atoms with van der Waals surface area (Å²) in [6.45, 7) is 2.28. The third-order valence-corrected chi connectivity index (χ3v) is 5.41. The monoisotopic (exact) mass is 451 g/mol. The standard InChI is InChI=1S/C25H19Cl2NO3/c1-2-3-4-12-30-20-9-7-17-13-24(31-23(17)15-20)25(29,18-6-5-11-28-16-18)21-10-8-19(26)14-22(21)27/h5-11,13-16,29H,2,12H2,1H3. The van der Waals surface area contributed by atoms with Crippen LogP contribution in [0.1, 0.15) is 30.2 Å². The van der Waals surface area contributed by atoms with Crippen molar-refractivity contribution in [2.75, 3.05) is 6.61 Å². The Morgan fingerprint density at radius 1 is 1.10 bits per heavy atom. The first kappa shape index (κ1) is 21.3. The van der Waals surface area contributed by atoms with Gasteiger partial charge in [-0.05, 0) is 36.4 Å². The Morgan fingerprint density at radius 3 is 2.71 bits per heavy atom. The predicted octanol–water partition coefficient (Wildman–Crippen LogP) is 6.21. The molecule has 0 radical (unpaired) electrons. The maximum atomic E-state index is 12.0. The molecule has 156 valence electrons. The van der Waals surface area contributed by atoms with E-state index in [0.29, 0.717) is 44.9 Å². The predicted molar refractivity (Wildman–Crippen MR) is 123 cm³/mol. The number of benzene rings is 2. The quantitative estimate of drug-likeness (QED) is 0.366. The second-order valence-electron chi connectivity index (χ2n) is 6.88. The highest BCUT2D eigenvalue weighted by Gasteiger charge is 2.39. The molecule has 0 spiro atoms. The van der Waals surface area contributed by atoms with Crippen molar-refractivity contribution in [1.29, 1.82) is 0 Å². The van der Waals surface area contributed by atoms with Gasteiger partial charge in [0.1, 0.15) is 23.7 Å². The summed E-state index contributed by atoms with van der Waals surface area (Å²) in [6.07, 6.45) is 4.00. The van der Waals surface area contributed by atoms with Crippen LogP contribution in [0.5, 0.6) is 5.75 Å². The Bertz CT molecular complexity index is 1270. The van der Waals surface area contributed by atoms with E-state index in [-0.39, 0.29) is 0 Å². The molecule has 2 heterocycles. The lowest BCUT2D eigenvalue weighted by Gasteiger charge is -2.27. The number of rotatable bonds is 5. The molecule has 0 saturated heterocycles. The topological polar surface area (TPSA) is 55.5 Å². The molecule has 0 saturated carbocycles. The van der Waals surface area contributed by atoms with Gasteiger partial charge in [0.15, 0.2) is 5.60 Å². The minimum absolute atomic E-state index is 0.299. The molecule has 0 bridgehead atoms. The van der Waals surface area contributed by atoms with Crippen molar-refractivity contribution < 1.29 is 14.3 Å². The Kier molecular flexibility index (Phi) is 6.20. The zero-order valence-corrected chi connectivity index (χ0v) is 18.2. The number of aliphatic hydroxyl groups is 1. The average molecular weight is 452 g/mol. The number of pyridine rings is 1. The van der Waals surface area contributed by atoms with Gasteiger partial charge in [-0.3, -0.25) is 4.98 Å². The van der Waals surface area contributed by atoms with Crippen LogP contribution in [0.4, 0.5) is 0 Å². The van der Waals surface area contributed by atoms with Crippen LogP contribution in [0.3, 0.4) is 0 Å². The number of furan rings is 1. The lowest BCUT2D eigenvalue weighted by atomic mass is 9.85. The van der Waals surface area contributed by atoms with E-state index in [4.69, 9.17) is 32.4 Å². The molecule has 4 rings (SSSR count). The summed E-state index contributed by atoms with van der Waals surface area (Å²) in [6, 6.07) is 15.7. The fourth-order valence-electron chi connectivity index (χ4n) is 3.37. The normalized spacial score (nSPS) is 12.8. The maximum absolute atomic E-state index is 12.0. The molecule has 1 N–H and O–H groups in total. The van der Waals surface area contributed by atoms with E-state index in [0.717, 1.165) is 11.8 Å². The largest absolute Gasteiger partial charge is 0.481 e. The van der Waals surface area contributed by atoms with E-state index < -0.39 is 5.60 Å². The first-order chi connectivity index (χ1) is 15.0. The van der Waals surface area contributed by atoms with Crippen molar-refractivity contribution in [1.82, 2.24) is 4.98 Å². The van der Waals surface area contributed by atoms with Crippen LogP contribution in [0.25, 0.3) is 11.0 Å². The molecule has 4 nitrogen and oxygen atoms in total. The summed E-state index contributed by atoms with van der Waals surface area (Å²) in [5.74, 6) is 6.85. The second kappa shape index (κ2) is 9.03. The van der Waals surface area contributed by atoms with E-state index in [1.165, 1.54) is 0 Å². The Morgan fingerprint density at radius 2 is 1.97 bits per heavy atom. The van der Waals surface area contributed by atoms with Crippen LogP contribution >= 0.6 is 23.2 Å². The van der Waals surface area contributed by atoms with Crippen LogP contribution in [0, 0.1) is 11.8 Å². The number of fused-ring (bicyclic) bond motifs is 1. The fourth-order valence-corrected chi connectivity index (χ4v) is 3.91. The summed E-state index contributed by atoms with van der Waals surface area (Å²) in [7, 11) is 0. The zero-order chi connectivity index (χ0) is 21.8. The first-order valence-corrected chi connectivity index (χ1v) is 10.5. The Labute approximate surface area is 190 Å². The van der Waals surface area contributed by atoms with E-state index in [1.807, 2.05) is 19.1 Å². The van der Waals surface area contributed by atoms with Gasteiger partial charge in [0.25, 0.3) is 0 Å². The van der Waals surface area contributed by atoms with Crippen molar-refractivity contribution in [3.63, 3.8) is 0 Å². The number of aromatic nitrogens is 1. The molecule has 31 heavy (non-hydrogen) atoms. The van der Waals surface area contributed by atoms with Crippen molar-refractivity contribution >= 4 is 34.2 Å². The number of ether oxygens (including phenoxy) is 1. The van der Waals surface area contributed by atoms with Crippen LogP contribution in [-0.2, 0) is 5.60 Å². The molecule has 6 heteroatoms. The van der Waals surface area contributed by atoms with Crippen molar-refractivity contribution in [2.45, 2.75) is 18.9 Å². The lowest BCUT2D eigenvalue weighted by molar-refractivity contribution is 0.101. The van der Waals surface area contributed by atoms with Gasteiger partial charge < -0.3 is 14.3 Å². The summed E-state index contributed by atoms with van der Waals surface area (Å²) in [4.78, 5) is 4.16. The van der Waals surface area contributed by atoms with E-state index in [9.17, 15) is 5.11 Å². The summed E-state index contributed by atoms with van der Waals surface area (Å²) < 4.78 is 11.8. The third-order valence-electron chi connectivity index (χ3n) is 4.86. The van der Waals surface area contributed by atoms with Gasteiger partial charge in [0.05, 0.1) is 0 Å². The minimum atomic E-state index is -1.66. The van der Waals surface area contributed by atoms with Crippen LogP contribution < -0.4 is 4.74 Å². The highest BCUT2D eigenvalue weighted by Crippen LogP contribution is 2.42. The first-order valence-electron chi connectivity index (χ1n) is 9.73. The van der Waals surface area contributed by atoms with Gasteiger partial charge in [0, 0.05) is 51.4 Å². The molecular weight excluding hydrogens is 433 g/mol. The zero-order valence-electron chi connectivity index (χ0n) is 16.7. The van der Waals surface area contributed by atoms with Crippen LogP contribution in [0.2, 0.25) is 10.0 Å². The highest BCUT2D eigenvalue weighted by molar-refractivity contribution is 6.35. The number of hydrogen-bond donors (Lipinski definition) is 1. The summed E-state index contributed by atoms with van der Waals surface area (Å²) in [5, 5.41) is 13.6. The molecule has 2 aromatic carbocycles. The number of nitrogens with zero attached hydrogens (tertiary/aromatic N) is 1. The molecule has 2 aromatic heterocycles. The molecule has 0 aliphatic carbocycles. The Balaban J connectivity index is 1.82. The smallest absolute Gasteiger partial charge is 0.176 e. The molecule has 0 fully saturated rings. The molecular formula is C25H19Cl2NO3. The van der Waals surface area contributed by atoms with Gasteiger partial charge in [-0.1, -0.05) is 48.2 Å². The van der Waals surface area contributed by atoms with Crippen molar-refractivity contribution in [3.05, 3.63) is 93.9 Å². The summed E-state index contributed by atoms with van der Waals surface area (Å²) >= 11 is 12.6. The highest BCUT2D eigenvalue weighted by atomic mass is 35.5. The molecule has 1 unspecified atom stereocenters. The average Bonchev–Trinajstić information content (AvgIpc) is 3.21. The van der Waals surface area contributed by atoms with Gasteiger partial charge in [-0.25, -0.2) is 0 Å². The van der Waals surface area contributed by atoms with E-state index >= 15 is 0 Å². The molecule has 0 amide bonds. The molecule has 0 aliphatic heterocycles. The van der Waals surface area contributed by atoms with E-state index in [1.54, 1.807) is 54.9 Å². The van der Waals surface area contributed by atoms with Gasteiger partial charge in [0.2, 0.25) is 0 Å². The van der Waals surface area contributed by atoms with Crippen LogP contribution in [-0.4, -0.2) is 16.7 Å². The molecule has 1 atom stereocenters. The minimum Gasteiger partial charge on any atom is -0.481 e. The summed E-state index contributed by atoms with van der Waals surface area (Å²) in [5.41, 5.74) is -0.132. The van der Waals surface area contributed by atoms with Gasteiger partial charge in [-0.2, -0.15) is 0 Å². The third kappa shape index (κ3) is 4.26.